The van der Waals surface area contributed by atoms with Crippen LogP contribution in [0.5, 0.6) is 0 Å². The van der Waals surface area contributed by atoms with Gasteiger partial charge in [-0.3, -0.25) is 0 Å². The van der Waals surface area contributed by atoms with Gasteiger partial charge in [0.05, 0.1) is 29.4 Å². The largest absolute Gasteiger partial charge is 0.462 e. The molecule has 58 heavy (non-hydrogen) atoms. The molecule has 4 aromatic carbocycles. The second kappa shape index (κ2) is 16.7. The van der Waals surface area contributed by atoms with Crippen molar-refractivity contribution in [3.05, 3.63) is 180 Å². The van der Waals surface area contributed by atoms with Crippen LogP contribution in [-0.2, 0) is 32.7 Å². The predicted molar refractivity (Wildman–Crippen MR) is 235 cm³/mol. The first-order valence-electron chi connectivity index (χ1n) is 19.2. The molecule has 0 spiro atoms. The molecular formula is C51H40CoN4O2. The Morgan fingerprint density at radius 3 is 1.21 bits per heavy atom. The Kier molecular flexibility index (Phi) is 11.0. The van der Waals surface area contributed by atoms with Gasteiger partial charge in [-0.2, -0.15) is 0 Å². The van der Waals surface area contributed by atoms with Crippen molar-refractivity contribution < 1.29 is 26.3 Å². The van der Waals surface area contributed by atoms with E-state index in [1.54, 1.807) is 6.92 Å². The third-order valence-corrected chi connectivity index (χ3v) is 10.4. The molecule has 285 valence electrons. The Bertz CT molecular complexity index is 2840. The fourth-order valence-electron chi connectivity index (χ4n) is 7.64. The molecule has 2 N–H and O–H groups in total. The van der Waals surface area contributed by atoms with E-state index in [1.807, 2.05) is 18.2 Å². The van der Waals surface area contributed by atoms with Gasteiger partial charge in [0.2, 0.25) is 0 Å². The van der Waals surface area contributed by atoms with Gasteiger partial charge in [0.25, 0.3) is 0 Å². The van der Waals surface area contributed by atoms with Gasteiger partial charge in [-0.05, 0) is 96.2 Å². The standard InChI is InChI=1S/C51H40N4O2.Co/c1-33(2)51(56)57-32-12-13-34-20-22-38(23-21-34)50-45-30-28-43(54-45)48(36-16-8-4-9-17-36)41-26-24-39(52-41)47(35-14-6-3-7-15-35)40-25-27-42(53-40)49(37-18-10-5-11-19-37)44-29-31-46(50)55-44;/h3-11,14-31,52,55H,1,12-13,32H2,2H3;. The number of H-pyrrole nitrogens is 2. The molecule has 0 unspecified atom stereocenters. The Labute approximate surface area is 347 Å². The van der Waals surface area contributed by atoms with Crippen molar-refractivity contribution in [1.29, 1.82) is 0 Å². The Morgan fingerprint density at radius 2 is 0.862 bits per heavy atom. The molecule has 2 aliphatic heterocycles. The Balaban J connectivity index is 0.00000469. The minimum atomic E-state index is -0.351. The number of carbonyl (C=O) groups is 1. The molecule has 0 aliphatic carbocycles. The van der Waals surface area contributed by atoms with Crippen molar-refractivity contribution >= 4 is 52.3 Å². The maximum atomic E-state index is 11.9. The number of nitrogens with one attached hydrogen (secondary N) is 2. The summed E-state index contributed by atoms with van der Waals surface area (Å²) in [7, 11) is 0. The fraction of sp³-hybridized carbons (Fsp3) is 0.0784. The third-order valence-electron chi connectivity index (χ3n) is 10.4. The molecular weight excluding hydrogens is 760 g/mol. The first-order chi connectivity index (χ1) is 28.0. The molecule has 9 rings (SSSR count). The van der Waals surface area contributed by atoms with Gasteiger partial charge in [-0.25, -0.2) is 14.8 Å². The zero-order chi connectivity index (χ0) is 38.7. The first-order valence-corrected chi connectivity index (χ1v) is 19.2. The molecule has 0 saturated carbocycles. The van der Waals surface area contributed by atoms with Gasteiger partial charge in [-0.1, -0.05) is 122 Å². The van der Waals surface area contributed by atoms with Crippen molar-refractivity contribution in [2.24, 2.45) is 0 Å². The summed E-state index contributed by atoms with van der Waals surface area (Å²) in [4.78, 5) is 30.3. The van der Waals surface area contributed by atoms with E-state index in [9.17, 15) is 4.79 Å². The second-order valence-electron chi connectivity index (χ2n) is 14.3. The number of nitrogens with zero attached hydrogens (tertiary/aromatic N) is 2. The number of ether oxygens (including phenoxy) is 1. The van der Waals surface area contributed by atoms with E-state index in [0.717, 1.165) is 108 Å². The summed E-state index contributed by atoms with van der Waals surface area (Å²) in [6, 6.07) is 48.6. The van der Waals surface area contributed by atoms with E-state index in [2.05, 4.69) is 162 Å². The topological polar surface area (TPSA) is 83.7 Å². The number of esters is 1. The molecule has 3 aromatic heterocycles. The molecule has 8 bridgehead atoms. The number of fused-ring (bicyclic) bond motifs is 8. The van der Waals surface area contributed by atoms with Gasteiger partial charge in [0.15, 0.2) is 0 Å². The van der Waals surface area contributed by atoms with Crippen molar-refractivity contribution in [1.82, 2.24) is 19.9 Å². The van der Waals surface area contributed by atoms with Gasteiger partial charge >= 0.3 is 5.97 Å². The molecule has 0 saturated heterocycles. The van der Waals surface area contributed by atoms with Crippen molar-refractivity contribution in [3.63, 3.8) is 0 Å². The van der Waals surface area contributed by atoms with E-state index < -0.39 is 0 Å². The normalized spacial score (nSPS) is 11.6. The van der Waals surface area contributed by atoms with Gasteiger partial charge in [-0.15, -0.1) is 0 Å². The number of aryl methyl sites for hydroxylation is 1. The SMILES string of the molecule is C=C(C)C(=O)OCCCc1ccc(-c2c3nc(c(-c4ccccc4)c4ccc([nH]4)c(-c4ccccc4)c4nc(c(-c5ccccc5)c5ccc2[nH]5)C=C4)C=C3)cc1.[Co]. The molecule has 0 amide bonds. The maximum Gasteiger partial charge on any atom is 0.333 e. The van der Waals surface area contributed by atoms with E-state index in [-0.39, 0.29) is 22.7 Å². The maximum absolute atomic E-state index is 11.9. The summed E-state index contributed by atoms with van der Waals surface area (Å²) in [5.74, 6) is -0.351. The summed E-state index contributed by atoms with van der Waals surface area (Å²) in [5.41, 5.74) is 17.2. The molecule has 7 heteroatoms. The van der Waals surface area contributed by atoms with E-state index >= 15 is 0 Å². The monoisotopic (exact) mass is 799 g/mol. The van der Waals surface area contributed by atoms with Gasteiger partial charge in [0.1, 0.15) is 0 Å². The van der Waals surface area contributed by atoms with Crippen LogP contribution >= 0.6 is 0 Å². The van der Waals surface area contributed by atoms with Crippen LogP contribution in [0.25, 0.3) is 90.9 Å². The quantitative estimate of drug-likeness (QED) is 0.0865. The predicted octanol–water partition coefficient (Wildman–Crippen LogP) is 12.4. The molecule has 1 radical (unpaired) electrons. The third kappa shape index (κ3) is 7.65. The number of aromatic amines is 2. The molecule has 6 nitrogen and oxygen atoms in total. The minimum Gasteiger partial charge on any atom is -0.462 e. The average molecular weight is 800 g/mol. The molecule has 5 heterocycles. The van der Waals surface area contributed by atoms with E-state index in [1.165, 1.54) is 0 Å². The summed E-state index contributed by atoms with van der Waals surface area (Å²) in [5, 5.41) is 0. The summed E-state index contributed by atoms with van der Waals surface area (Å²) < 4.78 is 5.33. The van der Waals surface area contributed by atoms with Crippen LogP contribution in [0, 0.1) is 0 Å². The van der Waals surface area contributed by atoms with Gasteiger partial charge in [0, 0.05) is 66.7 Å². The van der Waals surface area contributed by atoms with Crippen molar-refractivity contribution in [3.8, 4) is 44.5 Å². The van der Waals surface area contributed by atoms with Crippen LogP contribution in [0.1, 0.15) is 41.7 Å². The second-order valence-corrected chi connectivity index (χ2v) is 14.3. The van der Waals surface area contributed by atoms with E-state index in [4.69, 9.17) is 14.7 Å². The number of hydrogen-bond acceptors (Lipinski definition) is 4. The molecule has 7 aromatic rings. The number of hydrogen-bond donors (Lipinski definition) is 2. The fourth-order valence-corrected chi connectivity index (χ4v) is 7.64. The minimum absolute atomic E-state index is 0. The van der Waals surface area contributed by atoms with Gasteiger partial charge < -0.3 is 14.7 Å². The van der Waals surface area contributed by atoms with E-state index in [0.29, 0.717) is 12.2 Å². The van der Waals surface area contributed by atoms with Crippen molar-refractivity contribution in [2.45, 2.75) is 19.8 Å². The first kappa shape index (κ1) is 38.1. The number of aromatic nitrogens is 4. The van der Waals surface area contributed by atoms with Crippen LogP contribution in [0.3, 0.4) is 0 Å². The summed E-state index contributed by atoms with van der Waals surface area (Å²) in [6.45, 7) is 5.69. The average Bonchev–Trinajstić information content (AvgIpc) is 4.09. The zero-order valence-electron chi connectivity index (χ0n) is 32.0. The molecule has 0 atom stereocenters. The number of benzene rings is 4. The summed E-state index contributed by atoms with van der Waals surface area (Å²) in [6.07, 6.45) is 9.99. The van der Waals surface area contributed by atoms with Crippen LogP contribution in [0.15, 0.2) is 152 Å². The molecule has 0 fully saturated rings. The van der Waals surface area contributed by atoms with Crippen LogP contribution in [0.2, 0.25) is 0 Å². The van der Waals surface area contributed by atoms with Crippen LogP contribution in [-0.4, -0.2) is 32.5 Å². The number of rotatable bonds is 9. The Morgan fingerprint density at radius 1 is 0.517 bits per heavy atom. The van der Waals surface area contributed by atoms with Crippen LogP contribution in [0.4, 0.5) is 0 Å². The van der Waals surface area contributed by atoms with Crippen molar-refractivity contribution in [2.75, 3.05) is 6.61 Å². The molecule has 2 aliphatic rings. The summed E-state index contributed by atoms with van der Waals surface area (Å²) >= 11 is 0. The van der Waals surface area contributed by atoms with Crippen LogP contribution < -0.4 is 0 Å². The Hall–Kier alpha value is -6.80. The zero-order valence-corrected chi connectivity index (χ0v) is 33.0. The number of carbonyl (C=O) groups excluding carboxylic acids is 1. The smallest absolute Gasteiger partial charge is 0.333 e.